The lowest BCUT2D eigenvalue weighted by atomic mass is 10.0. The Morgan fingerprint density at radius 1 is 1.31 bits per heavy atom. The first-order valence-corrected chi connectivity index (χ1v) is 4.39. The number of rotatable bonds is 3. The molecule has 1 aromatic rings. The molecule has 1 fully saturated rings. The molecule has 0 radical (unpaired) electrons. The largest absolute Gasteiger partial charge is 0.207 e. The van der Waals surface area contributed by atoms with Gasteiger partial charge >= 0.3 is 0 Å². The molecule has 2 nitrogen and oxygen atoms in total. The fraction of sp³-hybridized carbons (Fsp3) is 0.400. The van der Waals surface area contributed by atoms with Gasteiger partial charge in [-0.1, -0.05) is 17.3 Å². The third-order valence-electron chi connectivity index (χ3n) is 2.39. The van der Waals surface area contributed by atoms with Crippen LogP contribution >= 0.6 is 0 Å². The third-order valence-corrected chi connectivity index (χ3v) is 2.39. The Balaban J connectivity index is 2.21. The van der Waals surface area contributed by atoms with Crippen molar-refractivity contribution >= 4 is 0 Å². The van der Waals surface area contributed by atoms with Gasteiger partial charge in [0.25, 0.3) is 0 Å². The van der Waals surface area contributed by atoms with Crippen LogP contribution in [0, 0.1) is 16.6 Å². The highest BCUT2D eigenvalue weighted by molar-refractivity contribution is 5.21. The lowest BCUT2D eigenvalue weighted by Crippen LogP contribution is -1.96. The van der Waals surface area contributed by atoms with Crippen LogP contribution in [0.25, 0.3) is 0 Å². The Labute approximate surface area is 75.7 Å². The van der Waals surface area contributed by atoms with Gasteiger partial charge in [0.15, 0.2) is 0 Å². The van der Waals surface area contributed by atoms with Crippen LogP contribution in [0.3, 0.4) is 0 Å². The monoisotopic (exact) mass is 179 g/mol. The maximum atomic E-state index is 12.6. The molecule has 1 aliphatic carbocycles. The first kappa shape index (κ1) is 8.35. The van der Waals surface area contributed by atoms with Crippen molar-refractivity contribution in [3.63, 3.8) is 0 Å². The van der Waals surface area contributed by atoms with E-state index >= 15 is 0 Å². The molecular weight excluding hydrogens is 169 g/mol. The first-order chi connectivity index (χ1) is 6.31. The molecule has 0 spiro atoms. The average Bonchev–Trinajstić information content (AvgIpc) is 2.93. The highest BCUT2D eigenvalue weighted by Crippen LogP contribution is 2.43. The summed E-state index contributed by atoms with van der Waals surface area (Å²) in [6.45, 7) is 0. The van der Waals surface area contributed by atoms with Crippen molar-refractivity contribution in [2.75, 3.05) is 0 Å². The van der Waals surface area contributed by atoms with Crippen molar-refractivity contribution < 1.29 is 4.39 Å². The molecule has 3 heteroatoms. The second-order valence-electron chi connectivity index (χ2n) is 3.44. The number of benzene rings is 1. The summed E-state index contributed by atoms with van der Waals surface area (Å²) >= 11 is 0. The molecule has 0 heterocycles. The van der Waals surface area contributed by atoms with E-state index in [9.17, 15) is 9.30 Å². The van der Waals surface area contributed by atoms with Crippen LogP contribution < -0.4 is 0 Å². The molecule has 13 heavy (non-hydrogen) atoms. The second-order valence-corrected chi connectivity index (χ2v) is 3.44. The van der Waals surface area contributed by atoms with Crippen LogP contribution in [0.5, 0.6) is 0 Å². The predicted molar refractivity (Wildman–Crippen MR) is 47.7 cm³/mol. The second kappa shape index (κ2) is 3.24. The molecule has 0 N–H and O–H groups in total. The number of nitrogens with zero attached hydrogens (tertiary/aromatic N) is 1. The Hall–Kier alpha value is -1.25. The molecule has 0 saturated heterocycles. The van der Waals surface area contributed by atoms with Gasteiger partial charge in [0.1, 0.15) is 11.9 Å². The molecule has 1 unspecified atom stereocenters. The van der Waals surface area contributed by atoms with Crippen LogP contribution in [0.1, 0.15) is 24.4 Å². The van der Waals surface area contributed by atoms with Gasteiger partial charge in [0.2, 0.25) is 0 Å². The summed E-state index contributed by atoms with van der Waals surface area (Å²) in [7, 11) is 0. The number of nitroso groups, excluding NO2 is 1. The van der Waals surface area contributed by atoms with Gasteiger partial charge in [-0.2, -0.15) is 4.91 Å². The lowest BCUT2D eigenvalue weighted by Gasteiger charge is -2.06. The molecule has 1 saturated carbocycles. The predicted octanol–water partition coefficient (Wildman–Crippen LogP) is 3.04. The van der Waals surface area contributed by atoms with Crippen molar-refractivity contribution in [3.8, 4) is 0 Å². The molecule has 0 aliphatic heterocycles. The SMILES string of the molecule is O=NC(c1ccc(F)cc1)C1CC1. The molecule has 0 bridgehead atoms. The van der Waals surface area contributed by atoms with Crippen molar-refractivity contribution in [3.05, 3.63) is 40.6 Å². The molecule has 1 aromatic carbocycles. The number of halogens is 1. The minimum Gasteiger partial charge on any atom is -0.207 e. The van der Waals surface area contributed by atoms with Crippen LogP contribution in [-0.2, 0) is 0 Å². The normalized spacial score (nSPS) is 18.2. The number of hydrogen-bond acceptors (Lipinski definition) is 2. The van der Waals surface area contributed by atoms with Crippen molar-refractivity contribution in [2.24, 2.45) is 11.1 Å². The van der Waals surface area contributed by atoms with E-state index in [-0.39, 0.29) is 11.9 Å². The molecule has 1 aliphatic rings. The summed E-state index contributed by atoms with van der Waals surface area (Å²) in [5.74, 6) is 0.118. The highest BCUT2D eigenvalue weighted by atomic mass is 19.1. The van der Waals surface area contributed by atoms with Crippen molar-refractivity contribution in [2.45, 2.75) is 18.9 Å². The molecule has 2 rings (SSSR count). The molecule has 1 atom stereocenters. The summed E-state index contributed by atoms with van der Waals surface area (Å²) in [6, 6.07) is 5.76. The van der Waals surface area contributed by atoms with Gasteiger partial charge in [-0.15, -0.1) is 0 Å². The van der Waals surface area contributed by atoms with E-state index in [2.05, 4.69) is 5.18 Å². The summed E-state index contributed by atoms with van der Waals surface area (Å²) in [6.07, 6.45) is 2.13. The highest BCUT2D eigenvalue weighted by Gasteiger charge is 2.33. The Kier molecular flexibility index (Phi) is 2.08. The minimum atomic E-state index is -0.274. The van der Waals surface area contributed by atoms with Gasteiger partial charge in [-0.05, 0) is 36.5 Å². The van der Waals surface area contributed by atoms with Gasteiger partial charge in [-0.3, -0.25) is 0 Å². The summed E-state index contributed by atoms with van der Waals surface area (Å²) in [4.78, 5) is 10.5. The zero-order valence-electron chi connectivity index (χ0n) is 7.11. The van der Waals surface area contributed by atoms with E-state index < -0.39 is 0 Å². The van der Waals surface area contributed by atoms with E-state index in [0.717, 1.165) is 18.4 Å². The Morgan fingerprint density at radius 2 is 1.92 bits per heavy atom. The topological polar surface area (TPSA) is 29.4 Å². The fourth-order valence-corrected chi connectivity index (χ4v) is 1.49. The number of hydrogen-bond donors (Lipinski definition) is 0. The van der Waals surface area contributed by atoms with Gasteiger partial charge in [-0.25, -0.2) is 4.39 Å². The molecular formula is C10H10FNO. The summed E-state index contributed by atoms with van der Waals surface area (Å²) in [5, 5.41) is 3.08. The fourth-order valence-electron chi connectivity index (χ4n) is 1.49. The quantitative estimate of drug-likeness (QED) is 0.655. The van der Waals surface area contributed by atoms with Gasteiger partial charge in [0, 0.05) is 0 Å². The molecule has 0 amide bonds. The van der Waals surface area contributed by atoms with Crippen LogP contribution in [0.15, 0.2) is 29.4 Å². The maximum Gasteiger partial charge on any atom is 0.123 e. The minimum absolute atomic E-state index is 0.263. The summed E-state index contributed by atoms with van der Waals surface area (Å²) < 4.78 is 12.6. The first-order valence-electron chi connectivity index (χ1n) is 4.39. The van der Waals surface area contributed by atoms with Crippen LogP contribution in [0.4, 0.5) is 4.39 Å². The van der Waals surface area contributed by atoms with E-state index in [4.69, 9.17) is 0 Å². The third kappa shape index (κ3) is 1.74. The maximum absolute atomic E-state index is 12.6. The summed E-state index contributed by atoms with van der Waals surface area (Å²) in [5.41, 5.74) is 0.832. The lowest BCUT2D eigenvalue weighted by molar-refractivity contribution is 0.612. The van der Waals surface area contributed by atoms with Gasteiger partial charge < -0.3 is 0 Å². The van der Waals surface area contributed by atoms with Crippen molar-refractivity contribution in [1.82, 2.24) is 0 Å². The smallest absolute Gasteiger partial charge is 0.123 e. The Morgan fingerprint density at radius 3 is 2.38 bits per heavy atom. The van der Waals surface area contributed by atoms with Crippen LogP contribution in [-0.4, -0.2) is 0 Å². The van der Waals surface area contributed by atoms with Crippen LogP contribution in [0.2, 0.25) is 0 Å². The van der Waals surface area contributed by atoms with Crippen molar-refractivity contribution in [1.29, 1.82) is 0 Å². The van der Waals surface area contributed by atoms with E-state index in [1.807, 2.05) is 0 Å². The van der Waals surface area contributed by atoms with Gasteiger partial charge in [0.05, 0.1) is 0 Å². The molecule has 68 valence electrons. The van der Waals surface area contributed by atoms with E-state index in [1.54, 1.807) is 12.1 Å². The van der Waals surface area contributed by atoms with E-state index in [1.165, 1.54) is 12.1 Å². The average molecular weight is 179 g/mol. The Bertz CT molecular complexity index is 305. The zero-order valence-corrected chi connectivity index (χ0v) is 7.11. The molecule has 0 aromatic heterocycles. The standard InChI is InChI=1S/C10H10FNO/c11-9-5-3-8(4-6-9)10(12-13)7-1-2-7/h3-7,10H,1-2H2. The van der Waals surface area contributed by atoms with E-state index in [0.29, 0.717) is 5.92 Å². The zero-order chi connectivity index (χ0) is 9.26.